The second-order valence-corrected chi connectivity index (χ2v) is 6.40. The van der Waals surface area contributed by atoms with E-state index in [0.717, 1.165) is 11.1 Å². The van der Waals surface area contributed by atoms with Gasteiger partial charge in [-0.1, -0.05) is 28.9 Å². The van der Waals surface area contributed by atoms with Crippen LogP contribution in [0.2, 0.25) is 0 Å². The zero-order valence-corrected chi connectivity index (χ0v) is 15.2. The molecular weight excluding hydrogens is 328 g/mol. The Bertz CT molecular complexity index is 890. The van der Waals surface area contributed by atoms with Crippen molar-refractivity contribution in [2.45, 2.75) is 39.7 Å². The van der Waals surface area contributed by atoms with Crippen molar-refractivity contribution in [2.75, 3.05) is 0 Å². The van der Waals surface area contributed by atoms with Crippen LogP contribution in [0.3, 0.4) is 0 Å². The molecule has 6 heteroatoms. The molecule has 1 atom stereocenters. The Morgan fingerprint density at radius 3 is 2.73 bits per heavy atom. The van der Waals surface area contributed by atoms with Gasteiger partial charge in [-0.15, -0.1) is 0 Å². The minimum Gasteiger partial charge on any atom is -0.350 e. The minimum absolute atomic E-state index is 0.0398. The number of aryl methyl sites for hydroxylation is 3. The molecule has 0 aliphatic rings. The summed E-state index contributed by atoms with van der Waals surface area (Å²) in [4.78, 5) is 20.6. The first-order chi connectivity index (χ1) is 12.5. The third-order valence-electron chi connectivity index (χ3n) is 4.25. The Morgan fingerprint density at radius 1 is 1.19 bits per heavy atom. The fourth-order valence-electron chi connectivity index (χ4n) is 2.81. The van der Waals surface area contributed by atoms with Gasteiger partial charge in [0.15, 0.2) is 0 Å². The van der Waals surface area contributed by atoms with E-state index in [-0.39, 0.29) is 11.9 Å². The van der Waals surface area contributed by atoms with Crippen LogP contribution in [0.1, 0.15) is 42.0 Å². The molecule has 2 aromatic heterocycles. The summed E-state index contributed by atoms with van der Waals surface area (Å²) in [5, 5.41) is 6.98. The van der Waals surface area contributed by atoms with E-state index in [0.29, 0.717) is 24.6 Å². The molecule has 1 unspecified atom stereocenters. The molecule has 0 aliphatic heterocycles. The maximum Gasteiger partial charge on any atom is 0.227 e. The van der Waals surface area contributed by atoms with Crippen molar-refractivity contribution >= 4 is 5.91 Å². The maximum absolute atomic E-state index is 12.3. The van der Waals surface area contributed by atoms with E-state index < -0.39 is 0 Å². The lowest BCUT2D eigenvalue weighted by molar-refractivity contribution is -0.121. The molecule has 3 aromatic rings. The van der Waals surface area contributed by atoms with E-state index in [4.69, 9.17) is 4.52 Å². The zero-order chi connectivity index (χ0) is 18.5. The summed E-state index contributed by atoms with van der Waals surface area (Å²) in [5.74, 6) is 0.917. The fourth-order valence-corrected chi connectivity index (χ4v) is 2.81. The van der Waals surface area contributed by atoms with Gasteiger partial charge in [0, 0.05) is 30.8 Å². The van der Waals surface area contributed by atoms with Gasteiger partial charge in [-0.3, -0.25) is 9.78 Å². The lowest BCUT2D eigenvalue weighted by Gasteiger charge is -2.17. The van der Waals surface area contributed by atoms with Gasteiger partial charge in [0.25, 0.3) is 0 Å². The van der Waals surface area contributed by atoms with Crippen molar-refractivity contribution in [3.8, 4) is 11.4 Å². The van der Waals surface area contributed by atoms with E-state index in [9.17, 15) is 4.79 Å². The van der Waals surface area contributed by atoms with Crippen LogP contribution in [-0.2, 0) is 11.2 Å². The van der Waals surface area contributed by atoms with Crippen molar-refractivity contribution < 1.29 is 9.32 Å². The number of hydrogen-bond donors (Lipinski definition) is 1. The van der Waals surface area contributed by atoms with Crippen LogP contribution < -0.4 is 5.32 Å². The number of amides is 1. The number of nitrogens with zero attached hydrogens (tertiary/aromatic N) is 3. The summed E-state index contributed by atoms with van der Waals surface area (Å²) in [6.45, 7) is 6.10. The van der Waals surface area contributed by atoms with Crippen LogP contribution in [-0.4, -0.2) is 21.0 Å². The van der Waals surface area contributed by atoms with Crippen LogP contribution >= 0.6 is 0 Å². The largest absolute Gasteiger partial charge is 0.350 e. The van der Waals surface area contributed by atoms with Crippen LogP contribution in [0.5, 0.6) is 0 Å². The molecule has 26 heavy (non-hydrogen) atoms. The Hall–Kier alpha value is -3.02. The van der Waals surface area contributed by atoms with Crippen LogP contribution in [0, 0.1) is 13.8 Å². The van der Waals surface area contributed by atoms with Gasteiger partial charge >= 0.3 is 0 Å². The molecule has 1 N–H and O–H groups in total. The number of pyridine rings is 1. The molecule has 0 aliphatic carbocycles. The van der Waals surface area contributed by atoms with Crippen LogP contribution in [0.15, 0.2) is 47.2 Å². The molecule has 0 saturated heterocycles. The lowest BCUT2D eigenvalue weighted by Crippen LogP contribution is -2.27. The highest BCUT2D eigenvalue weighted by molar-refractivity contribution is 5.76. The molecule has 0 fully saturated rings. The van der Waals surface area contributed by atoms with Crippen molar-refractivity contribution in [1.82, 2.24) is 20.4 Å². The summed E-state index contributed by atoms with van der Waals surface area (Å²) in [7, 11) is 0. The van der Waals surface area contributed by atoms with E-state index in [2.05, 4.69) is 45.6 Å². The van der Waals surface area contributed by atoms with Gasteiger partial charge in [-0.2, -0.15) is 4.98 Å². The third kappa shape index (κ3) is 4.33. The normalized spacial score (nSPS) is 12.0. The van der Waals surface area contributed by atoms with Gasteiger partial charge in [0.05, 0.1) is 6.04 Å². The number of carbonyl (C=O) groups excluding carboxylic acids is 1. The average Bonchev–Trinajstić information content (AvgIpc) is 3.12. The standard InChI is InChI=1S/C20H22N4O2/c1-13-4-5-14(2)17(12-13)15(3)22-18(25)6-7-19-23-20(24-26-19)16-8-10-21-11-9-16/h4-5,8-12,15H,6-7H2,1-3H3,(H,22,25). The van der Waals surface area contributed by atoms with Gasteiger partial charge in [-0.05, 0) is 44.0 Å². The minimum atomic E-state index is -0.0440. The maximum atomic E-state index is 12.3. The first kappa shape index (κ1) is 17.8. The highest BCUT2D eigenvalue weighted by atomic mass is 16.5. The fraction of sp³-hybridized carbons (Fsp3) is 0.300. The SMILES string of the molecule is Cc1ccc(C)c(C(C)NC(=O)CCc2nc(-c3ccncc3)no2)c1. The van der Waals surface area contributed by atoms with Crippen LogP contribution in [0.25, 0.3) is 11.4 Å². The van der Waals surface area contributed by atoms with E-state index >= 15 is 0 Å². The van der Waals surface area contributed by atoms with E-state index in [1.807, 2.05) is 26.0 Å². The summed E-state index contributed by atoms with van der Waals surface area (Å²) < 4.78 is 5.23. The van der Waals surface area contributed by atoms with Gasteiger partial charge in [0.1, 0.15) is 0 Å². The highest BCUT2D eigenvalue weighted by Gasteiger charge is 2.14. The molecule has 3 rings (SSSR count). The van der Waals surface area contributed by atoms with Gasteiger partial charge < -0.3 is 9.84 Å². The average molecular weight is 350 g/mol. The van der Waals surface area contributed by atoms with Crippen molar-refractivity contribution in [2.24, 2.45) is 0 Å². The smallest absolute Gasteiger partial charge is 0.227 e. The Morgan fingerprint density at radius 2 is 1.96 bits per heavy atom. The summed E-state index contributed by atoms with van der Waals surface area (Å²) >= 11 is 0. The molecule has 0 spiro atoms. The molecule has 0 saturated carbocycles. The third-order valence-corrected chi connectivity index (χ3v) is 4.25. The first-order valence-corrected chi connectivity index (χ1v) is 8.62. The van der Waals surface area contributed by atoms with Crippen LogP contribution in [0.4, 0.5) is 0 Å². The molecule has 134 valence electrons. The summed E-state index contributed by atoms with van der Waals surface area (Å²) in [6.07, 6.45) is 4.05. The number of aromatic nitrogens is 3. The second-order valence-electron chi connectivity index (χ2n) is 6.40. The molecule has 0 radical (unpaired) electrons. The zero-order valence-electron chi connectivity index (χ0n) is 15.2. The van der Waals surface area contributed by atoms with Crippen molar-refractivity contribution in [1.29, 1.82) is 0 Å². The molecular formula is C20H22N4O2. The predicted molar refractivity (Wildman–Crippen MR) is 98.3 cm³/mol. The molecule has 1 amide bonds. The topological polar surface area (TPSA) is 80.9 Å². The van der Waals surface area contributed by atoms with Gasteiger partial charge in [-0.25, -0.2) is 0 Å². The summed E-state index contributed by atoms with van der Waals surface area (Å²) in [5.41, 5.74) is 4.32. The Balaban J connectivity index is 1.56. The molecule has 0 bridgehead atoms. The highest BCUT2D eigenvalue weighted by Crippen LogP contribution is 2.19. The van der Waals surface area contributed by atoms with Crippen molar-refractivity contribution in [3.63, 3.8) is 0 Å². The number of hydrogen-bond acceptors (Lipinski definition) is 5. The summed E-state index contributed by atoms with van der Waals surface area (Å²) in [6, 6.07) is 9.84. The van der Waals surface area contributed by atoms with E-state index in [1.54, 1.807) is 12.4 Å². The molecule has 1 aromatic carbocycles. The van der Waals surface area contributed by atoms with E-state index in [1.165, 1.54) is 11.1 Å². The molecule has 2 heterocycles. The monoisotopic (exact) mass is 350 g/mol. The predicted octanol–water partition coefficient (Wildman–Crippen LogP) is 3.56. The lowest BCUT2D eigenvalue weighted by atomic mass is 10.00. The van der Waals surface area contributed by atoms with Gasteiger partial charge in [0.2, 0.25) is 17.6 Å². The number of carbonyl (C=O) groups is 1. The number of nitrogens with one attached hydrogen (secondary N) is 1. The Kier molecular flexibility index (Phi) is 5.41. The number of benzene rings is 1. The van der Waals surface area contributed by atoms with Crippen molar-refractivity contribution in [3.05, 3.63) is 65.3 Å². The first-order valence-electron chi connectivity index (χ1n) is 8.62. The number of rotatable bonds is 6. The second kappa shape index (κ2) is 7.91. The molecule has 6 nitrogen and oxygen atoms in total. The quantitative estimate of drug-likeness (QED) is 0.735. The Labute approximate surface area is 152 Å².